The number of hydrogen-bond donors (Lipinski definition) is 1. The van der Waals surface area contributed by atoms with Crippen molar-refractivity contribution in [3.8, 4) is 5.75 Å². The Labute approximate surface area is 151 Å². The zero-order valence-electron chi connectivity index (χ0n) is 15.2. The van der Waals surface area contributed by atoms with Gasteiger partial charge in [0.2, 0.25) is 5.91 Å². The van der Waals surface area contributed by atoms with Crippen LogP contribution in [0.1, 0.15) is 31.1 Å². The van der Waals surface area contributed by atoms with Gasteiger partial charge in [-0.15, -0.1) is 0 Å². The predicted octanol–water partition coefficient (Wildman–Crippen LogP) is 1.95. The van der Waals surface area contributed by atoms with E-state index in [4.69, 9.17) is 5.73 Å². The number of halogens is 2. The van der Waals surface area contributed by atoms with Crippen molar-refractivity contribution in [1.29, 1.82) is 0 Å². The van der Waals surface area contributed by atoms with Crippen molar-refractivity contribution in [2.75, 3.05) is 26.2 Å². The molecule has 1 saturated heterocycles. The molecule has 0 unspecified atom stereocenters. The zero-order valence-corrected chi connectivity index (χ0v) is 15.2. The quantitative estimate of drug-likeness (QED) is 0.880. The van der Waals surface area contributed by atoms with Gasteiger partial charge in [-0.2, -0.15) is 8.78 Å². The topological polar surface area (TPSA) is 75.9 Å². The molecule has 0 bridgehead atoms. The maximum Gasteiger partial charge on any atom is 0.387 e. The molecule has 144 valence electrons. The van der Waals surface area contributed by atoms with Gasteiger partial charge in [-0.05, 0) is 17.5 Å². The summed E-state index contributed by atoms with van der Waals surface area (Å²) in [5.41, 5.74) is 5.75. The summed E-state index contributed by atoms with van der Waals surface area (Å²) in [4.78, 5) is 28.3. The SMILES string of the molecule is CC(C)(C)[C@H](N)C(=O)N1CCN(C(=O)c2ccccc2OC(F)F)CC1. The fourth-order valence-electron chi connectivity index (χ4n) is 2.71. The number of rotatable bonds is 4. The molecule has 1 aliphatic heterocycles. The third-order valence-electron chi connectivity index (χ3n) is 4.41. The van der Waals surface area contributed by atoms with E-state index in [0.717, 1.165) is 0 Å². The molecule has 1 heterocycles. The molecule has 6 nitrogen and oxygen atoms in total. The molecule has 1 aromatic carbocycles. The molecular formula is C18H25F2N3O3. The summed E-state index contributed by atoms with van der Waals surface area (Å²) in [6.07, 6.45) is 0. The van der Waals surface area contributed by atoms with E-state index >= 15 is 0 Å². The lowest BCUT2D eigenvalue weighted by atomic mass is 9.86. The molecular weight excluding hydrogens is 344 g/mol. The molecule has 0 spiro atoms. The fraction of sp³-hybridized carbons (Fsp3) is 0.556. The van der Waals surface area contributed by atoms with Gasteiger partial charge in [-0.1, -0.05) is 32.9 Å². The third-order valence-corrected chi connectivity index (χ3v) is 4.41. The average Bonchev–Trinajstić information content (AvgIpc) is 2.59. The number of nitrogens with zero attached hydrogens (tertiary/aromatic N) is 2. The summed E-state index contributed by atoms with van der Waals surface area (Å²) >= 11 is 0. The van der Waals surface area contributed by atoms with Crippen LogP contribution in [0, 0.1) is 5.41 Å². The van der Waals surface area contributed by atoms with E-state index in [1.165, 1.54) is 23.1 Å². The lowest BCUT2D eigenvalue weighted by Gasteiger charge is -2.38. The molecule has 1 aliphatic rings. The average molecular weight is 369 g/mol. The van der Waals surface area contributed by atoms with E-state index in [2.05, 4.69) is 4.74 Å². The molecule has 1 fully saturated rings. The Hall–Kier alpha value is -2.22. The molecule has 1 aromatic rings. The molecule has 2 rings (SSSR count). The van der Waals surface area contributed by atoms with Gasteiger partial charge < -0.3 is 20.3 Å². The predicted molar refractivity (Wildman–Crippen MR) is 93.0 cm³/mol. The maximum absolute atomic E-state index is 12.6. The van der Waals surface area contributed by atoms with Crippen molar-refractivity contribution < 1.29 is 23.1 Å². The molecule has 0 aliphatic carbocycles. The van der Waals surface area contributed by atoms with Gasteiger partial charge in [0.15, 0.2) is 0 Å². The minimum Gasteiger partial charge on any atom is -0.434 e. The van der Waals surface area contributed by atoms with Crippen LogP contribution in [0.3, 0.4) is 0 Å². The van der Waals surface area contributed by atoms with Crippen LogP contribution in [0.2, 0.25) is 0 Å². The summed E-state index contributed by atoms with van der Waals surface area (Å²) in [6.45, 7) is 4.02. The molecule has 0 aromatic heterocycles. The molecule has 8 heteroatoms. The van der Waals surface area contributed by atoms with E-state index in [1.807, 2.05) is 20.8 Å². The first kappa shape index (κ1) is 20.1. The van der Waals surface area contributed by atoms with Crippen molar-refractivity contribution in [2.24, 2.45) is 11.1 Å². The molecule has 1 atom stereocenters. The normalized spacial score (nSPS) is 16.6. The number of hydrogen-bond acceptors (Lipinski definition) is 4. The summed E-state index contributed by atoms with van der Waals surface area (Å²) in [6, 6.07) is 5.28. The van der Waals surface area contributed by atoms with E-state index in [1.54, 1.807) is 11.0 Å². The Morgan fingerprint density at radius 2 is 1.62 bits per heavy atom. The van der Waals surface area contributed by atoms with Crippen LogP contribution in [0.5, 0.6) is 5.75 Å². The van der Waals surface area contributed by atoms with Crippen molar-refractivity contribution in [3.63, 3.8) is 0 Å². The van der Waals surface area contributed by atoms with Crippen LogP contribution in [-0.2, 0) is 4.79 Å². The van der Waals surface area contributed by atoms with Crippen LogP contribution in [0.15, 0.2) is 24.3 Å². The Kier molecular flexibility index (Phi) is 6.17. The van der Waals surface area contributed by atoms with Gasteiger partial charge in [-0.3, -0.25) is 9.59 Å². The van der Waals surface area contributed by atoms with Crippen molar-refractivity contribution in [2.45, 2.75) is 33.4 Å². The molecule has 26 heavy (non-hydrogen) atoms. The minimum atomic E-state index is -3.00. The summed E-state index contributed by atoms with van der Waals surface area (Å²) in [5.74, 6) is -0.694. The standard InChI is InChI=1S/C18H25F2N3O3/c1-18(2,3)14(21)16(25)23-10-8-22(9-11-23)15(24)12-6-4-5-7-13(12)26-17(19)20/h4-7,14,17H,8-11,21H2,1-3H3/t14-/m1/s1. The van der Waals surface area contributed by atoms with E-state index < -0.39 is 18.6 Å². The lowest BCUT2D eigenvalue weighted by molar-refractivity contribution is -0.136. The summed E-state index contributed by atoms with van der Waals surface area (Å²) < 4.78 is 29.5. The van der Waals surface area contributed by atoms with Gasteiger partial charge >= 0.3 is 6.61 Å². The number of carbonyl (C=O) groups excluding carboxylic acids is 2. The number of para-hydroxylation sites is 1. The second kappa shape index (κ2) is 7.99. The largest absolute Gasteiger partial charge is 0.434 e. The maximum atomic E-state index is 12.6. The van der Waals surface area contributed by atoms with Crippen molar-refractivity contribution in [3.05, 3.63) is 29.8 Å². The lowest BCUT2D eigenvalue weighted by Crippen LogP contribution is -2.57. The van der Waals surface area contributed by atoms with E-state index in [9.17, 15) is 18.4 Å². The smallest absolute Gasteiger partial charge is 0.387 e. The van der Waals surface area contributed by atoms with Gasteiger partial charge in [0.25, 0.3) is 5.91 Å². The summed E-state index contributed by atoms with van der Waals surface area (Å²) in [7, 11) is 0. The van der Waals surface area contributed by atoms with Gasteiger partial charge in [0.1, 0.15) is 5.75 Å². The highest BCUT2D eigenvalue weighted by molar-refractivity contribution is 5.97. The number of ether oxygens (including phenoxy) is 1. The Balaban J connectivity index is 2.02. The molecule has 0 radical (unpaired) electrons. The van der Waals surface area contributed by atoms with Crippen LogP contribution >= 0.6 is 0 Å². The number of nitrogens with two attached hydrogens (primary N) is 1. The Morgan fingerprint density at radius 3 is 2.15 bits per heavy atom. The first-order valence-electron chi connectivity index (χ1n) is 8.48. The van der Waals surface area contributed by atoms with Crippen molar-refractivity contribution in [1.82, 2.24) is 9.80 Å². The highest BCUT2D eigenvalue weighted by Gasteiger charge is 2.33. The first-order valence-corrected chi connectivity index (χ1v) is 8.48. The Morgan fingerprint density at radius 1 is 1.08 bits per heavy atom. The highest BCUT2D eigenvalue weighted by atomic mass is 19.3. The van der Waals surface area contributed by atoms with E-state index in [-0.39, 0.29) is 22.6 Å². The van der Waals surface area contributed by atoms with Gasteiger partial charge in [0.05, 0.1) is 11.6 Å². The highest BCUT2D eigenvalue weighted by Crippen LogP contribution is 2.23. The molecule has 2 N–H and O–H groups in total. The second-order valence-corrected chi connectivity index (χ2v) is 7.34. The molecule has 2 amide bonds. The number of alkyl halides is 2. The van der Waals surface area contributed by atoms with Gasteiger partial charge in [0, 0.05) is 26.2 Å². The number of carbonyl (C=O) groups is 2. The summed E-state index contributed by atoms with van der Waals surface area (Å²) in [5, 5.41) is 0. The van der Waals surface area contributed by atoms with Crippen LogP contribution in [0.25, 0.3) is 0 Å². The second-order valence-electron chi connectivity index (χ2n) is 7.34. The van der Waals surface area contributed by atoms with Crippen LogP contribution < -0.4 is 10.5 Å². The van der Waals surface area contributed by atoms with E-state index in [0.29, 0.717) is 26.2 Å². The number of amides is 2. The third kappa shape index (κ3) is 4.69. The van der Waals surface area contributed by atoms with Crippen LogP contribution in [-0.4, -0.2) is 60.4 Å². The first-order chi connectivity index (χ1) is 12.1. The van der Waals surface area contributed by atoms with Crippen molar-refractivity contribution >= 4 is 11.8 Å². The Bertz CT molecular complexity index is 653. The monoisotopic (exact) mass is 369 g/mol. The zero-order chi connectivity index (χ0) is 19.5. The minimum absolute atomic E-state index is 0.0824. The number of benzene rings is 1. The number of piperazine rings is 1. The molecule has 0 saturated carbocycles. The van der Waals surface area contributed by atoms with Crippen LogP contribution in [0.4, 0.5) is 8.78 Å². The fourth-order valence-corrected chi connectivity index (χ4v) is 2.71. The van der Waals surface area contributed by atoms with Gasteiger partial charge in [-0.25, -0.2) is 0 Å².